The van der Waals surface area contributed by atoms with Crippen molar-refractivity contribution in [2.75, 3.05) is 0 Å². The highest BCUT2D eigenvalue weighted by Crippen LogP contribution is 2.53. The van der Waals surface area contributed by atoms with Gasteiger partial charge >= 0.3 is 11.9 Å². The van der Waals surface area contributed by atoms with Crippen LogP contribution in [0.25, 0.3) is 0 Å². The van der Waals surface area contributed by atoms with Gasteiger partial charge in [0.1, 0.15) is 35.4 Å². The van der Waals surface area contributed by atoms with Gasteiger partial charge in [-0.25, -0.2) is 9.59 Å². The minimum atomic E-state index is -1.88. The number of aromatic hydroxyl groups is 1. The van der Waals surface area contributed by atoms with E-state index in [4.69, 9.17) is 14.2 Å². The van der Waals surface area contributed by atoms with Gasteiger partial charge in [-0.15, -0.1) is 0 Å². The summed E-state index contributed by atoms with van der Waals surface area (Å²) >= 11 is 0. The van der Waals surface area contributed by atoms with Gasteiger partial charge in [0.2, 0.25) is 6.29 Å². The van der Waals surface area contributed by atoms with Gasteiger partial charge in [-0.05, 0) is 57.2 Å². The normalized spacial score (nSPS) is 32.4. The van der Waals surface area contributed by atoms with E-state index in [0.717, 1.165) is 31.2 Å². The Hall–Kier alpha value is -2.66. The molecule has 0 radical (unpaired) electrons. The molecular weight excluding hydrogens is 484 g/mol. The summed E-state index contributed by atoms with van der Waals surface area (Å²) in [6.45, 7) is 6.10. The fourth-order valence-corrected chi connectivity index (χ4v) is 5.64. The monoisotopic (exact) mass is 520 g/mol. The van der Waals surface area contributed by atoms with E-state index < -0.39 is 48.2 Å². The van der Waals surface area contributed by atoms with E-state index in [1.807, 2.05) is 19.9 Å². The van der Waals surface area contributed by atoms with Crippen molar-refractivity contribution in [2.24, 2.45) is 5.92 Å². The number of aliphatic hydroxyl groups is 3. The van der Waals surface area contributed by atoms with Gasteiger partial charge in [0.15, 0.2) is 6.10 Å². The van der Waals surface area contributed by atoms with E-state index in [1.54, 1.807) is 12.1 Å². The quantitative estimate of drug-likeness (QED) is 0.266. The van der Waals surface area contributed by atoms with Crippen LogP contribution in [0.1, 0.15) is 69.9 Å². The van der Waals surface area contributed by atoms with E-state index in [0.29, 0.717) is 24.2 Å². The second-order valence-corrected chi connectivity index (χ2v) is 10.7. The highest BCUT2D eigenvalue weighted by atomic mass is 16.7. The van der Waals surface area contributed by atoms with E-state index >= 15 is 0 Å². The van der Waals surface area contributed by atoms with Gasteiger partial charge in [-0.3, -0.25) is 0 Å². The summed E-state index contributed by atoms with van der Waals surface area (Å²) in [6, 6.07) is 3.70. The standard InChI is InChI=1S/C27H36O10/c1-4-5-6-7-13-10-17(28)19-15-12-14(8-9-16(15)27(2,3)37-18(19)11-13)25(34)36-26-22(31)20(29)21(30)23(35-26)24(32)33/h10-12,15-16,20-23,26,28-31H,4-9H2,1-3H3,(H,32,33). The maximum atomic E-state index is 13.0. The van der Waals surface area contributed by atoms with Crippen molar-refractivity contribution in [3.8, 4) is 11.5 Å². The number of fused-ring (bicyclic) bond motifs is 3. The lowest BCUT2D eigenvalue weighted by Crippen LogP contribution is -2.60. The number of carbonyl (C=O) groups is 2. The summed E-state index contributed by atoms with van der Waals surface area (Å²) in [5.41, 5.74) is 1.30. The maximum Gasteiger partial charge on any atom is 0.336 e. The third-order valence-electron chi connectivity index (χ3n) is 7.69. The Kier molecular flexibility index (Phi) is 7.85. The highest BCUT2D eigenvalue weighted by molar-refractivity contribution is 5.89. The molecule has 4 rings (SSSR count). The number of phenols is 1. The largest absolute Gasteiger partial charge is 0.507 e. The molecule has 1 fully saturated rings. The average Bonchev–Trinajstić information content (AvgIpc) is 2.83. The molecule has 1 aromatic carbocycles. The van der Waals surface area contributed by atoms with E-state index in [2.05, 4.69) is 6.92 Å². The summed E-state index contributed by atoms with van der Waals surface area (Å²) in [4.78, 5) is 24.4. The molecule has 5 N–H and O–H groups in total. The molecule has 0 saturated carbocycles. The van der Waals surface area contributed by atoms with E-state index in [1.165, 1.54) is 0 Å². The molecular formula is C27H36O10. The number of allylic oxidation sites excluding steroid dienone is 1. The lowest BCUT2D eigenvalue weighted by atomic mass is 9.67. The maximum absolute atomic E-state index is 13.0. The summed E-state index contributed by atoms with van der Waals surface area (Å²) in [7, 11) is 0. The Bertz CT molecular complexity index is 1060. The molecule has 7 unspecified atom stereocenters. The first-order chi connectivity index (χ1) is 17.4. The molecule has 7 atom stereocenters. The molecule has 1 aromatic rings. The van der Waals surface area contributed by atoms with Crippen molar-refractivity contribution in [1.82, 2.24) is 0 Å². The number of esters is 1. The lowest BCUT2D eigenvalue weighted by molar-refractivity contribution is -0.285. The van der Waals surface area contributed by atoms with Gasteiger partial charge in [0.25, 0.3) is 0 Å². The smallest absolute Gasteiger partial charge is 0.336 e. The van der Waals surface area contributed by atoms with E-state index in [9.17, 15) is 35.1 Å². The molecule has 0 bridgehead atoms. The van der Waals surface area contributed by atoms with Crippen LogP contribution in [-0.2, 0) is 25.5 Å². The predicted octanol–water partition coefficient (Wildman–Crippen LogP) is 2.15. The van der Waals surface area contributed by atoms with Crippen molar-refractivity contribution in [3.05, 3.63) is 34.9 Å². The number of carboxylic acids is 1. The molecule has 37 heavy (non-hydrogen) atoms. The second kappa shape index (κ2) is 10.6. The van der Waals surface area contributed by atoms with Crippen LogP contribution < -0.4 is 4.74 Å². The number of rotatable bonds is 7. The number of carbonyl (C=O) groups excluding carboxylic acids is 1. The number of aliphatic carboxylic acids is 1. The van der Waals surface area contributed by atoms with Crippen molar-refractivity contribution >= 4 is 11.9 Å². The molecule has 3 aliphatic rings. The summed E-state index contributed by atoms with van der Waals surface area (Å²) in [6.07, 6.45) is -2.61. The fourth-order valence-electron chi connectivity index (χ4n) is 5.64. The van der Waals surface area contributed by atoms with Crippen LogP contribution in [0, 0.1) is 5.92 Å². The predicted molar refractivity (Wildman–Crippen MR) is 130 cm³/mol. The fraction of sp³-hybridized carbons (Fsp3) is 0.630. The number of hydrogen-bond donors (Lipinski definition) is 5. The minimum absolute atomic E-state index is 0.0294. The van der Waals surface area contributed by atoms with Gasteiger partial charge in [-0.1, -0.05) is 25.8 Å². The molecule has 2 heterocycles. The zero-order chi connectivity index (χ0) is 27.1. The van der Waals surface area contributed by atoms with Crippen molar-refractivity contribution in [1.29, 1.82) is 0 Å². The van der Waals surface area contributed by atoms with Gasteiger partial charge < -0.3 is 39.7 Å². The van der Waals surface area contributed by atoms with Gasteiger partial charge in [0, 0.05) is 23.0 Å². The van der Waals surface area contributed by atoms with Crippen molar-refractivity contribution in [3.63, 3.8) is 0 Å². The van der Waals surface area contributed by atoms with Gasteiger partial charge in [0.05, 0.1) is 0 Å². The number of carboxylic acid groups (broad SMARTS) is 1. The Morgan fingerprint density at radius 3 is 2.51 bits per heavy atom. The molecule has 204 valence electrons. The van der Waals surface area contributed by atoms with Crippen LogP contribution in [0.15, 0.2) is 23.8 Å². The third-order valence-corrected chi connectivity index (χ3v) is 7.69. The highest BCUT2D eigenvalue weighted by Gasteiger charge is 2.50. The number of unbranched alkanes of at least 4 members (excludes halogenated alkanes) is 2. The first kappa shape index (κ1) is 27.4. The van der Waals surface area contributed by atoms with Crippen LogP contribution in [0.5, 0.6) is 11.5 Å². The summed E-state index contributed by atoms with van der Waals surface area (Å²) in [5, 5.41) is 50.3. The molecule has 10 heteroatoms. The second-order valence-electron chi connectivity index (χ2n) is 10.7. The van der Waals surface area contributed by atoms with Crippen LogP contribution in [0.4, 0.5) is 0 Å². The summed E-state index contributed by atoms with van der Waals surface area (Å²) in [5.74, 6) is -2.08. The lowest BCUT2D eigenvalue weighted by Gasteiger charge is -2.46. The SMILES string of the molecule is CCCCCc1cc(O)c2c(c1)OC(C)(C)C1CCC(C(=O)OC3OC(C(=O)O)C(O)C(O)C3O)=CC21. The number of phenolic OH excluding ortho intramolecular Hbond substituents is 1. The van der Waals surface area contributed by atoms with Crippen molar-refractivity contribution in [2.45, 2.75) is 102 Å². The van der Waals surface area contributed by atoms with Crippen LogP contribution >= 0.6 is 0 Å². The van der Waals surface area contributed by atoms with Crippen molar-refractivity contribution < 1.29 is 49.3 Å². The van der Waals surface area contributed by atoms with E-state index in [-0.39, 0.29) is 23.2 Å². The first-order valence-corrected chi connectivity index (χ1v) is 12.8. The first-order valence-electron chi connectivity index (χ1n) is 12.8. The Balaban J connectivity index is 1.59. The number of aryl methyl sites for hydroxylation is 1. The van der Waals surface area contributed by atoms with Gasteiger partial charge in [-0.2, -0.15) is 0 Å². The molecule has 0 aromatic heterocycles. The Morgan fingerprint density at radius 1 is 1.11 bits per heavy atom. The molecule has 0 amide bonds. The third kappa shape index (κ3) is 5.34. The molecule has 2 aliphatic heterocycles. The number of hydrogen-bond acceptors (Lipinski definition) is 9. The number of benzene rings is 1. The minimum Gasteiger partial charge on any atom is -0.507 e. The topological polar surface area (TPSA) is 163 Å². The molecule has 1 saturated heterocycles. The Morgan fingerprint density at radius 2 is 1.84 bits per heavy atom. The van der Waals surface area contributed by atoms with Crippen LogP contribution in [0.2, 0.25) is 0 Å². The molecule has 1 aliphatic carbocycles. The molecule has 10 nitrogen and oxygen atoms in total. The van der Waals surface area contributed by atoms with Crippen LogP contribution in [0.3, 0.4) is 0 Å². The zero-order valence-corrected chi connectivity index (χ0v) is 21.3. The zero-order valence-electron chi connectivity index (χ0n) is 21.3. The van der Waals surface area contributed by atoms with Crippen LogP contribution in [-0.4, -0.2) is 73.8 Å². The molecule has 0 spiro atoms. The number of ether oxygens (including phenoxy) is 3. The average molecular weight is 521 g/mol. The Labute approximate surface area is 215 Å². The summed E-state index contributed by atoms with van der Waals surface area (Å²) < 4.78 is 16.7. The number of aliphatic hydroxyl groups excluding tert-OH is 3.